The number of hydrogen-bond acceptors (Lipinski definition) is 4. The Bertz CT molecular complexity index is 563. The third-order valence-electron chi connectivity index (χ3n) is 4.23. The smallest absolute Gasteiger partial charge is 0.249 e. The SMILES string of the molecule is C[C@H]1CN(C(=O)[C@@H]2COCC(=O)N2Cc2ccccc2)CCO1. The summed E-state index contributed by atoms with van der Waals surface area (Å²) in [5.74, 6) is -0.191. The van der Waals surface area contributed by atoms with Gasteiger partial charge in [0.15, 0.2) is 0 Å². The summed E-state index contributed by atoms with van der Waals surface area (Å²) < 4.78 is 10.8. The molecule has 0 N–H and O–H groups in total. The standard InChI is InChI=1S/C17H22N2O4/c1-13-9-18(7-8-23-13)17(21)15-11-22-12-16(20)19(15)10-14-5-3-2-4-6-14/h2-6,13,15H,7-12H2,1H3/t13-,15-/m0/s1. The van der Waals surface area contributed by atoms with E-state index in [1.54, 1.807) is 9.80 Å². The van der Waals surface area contributed by atoms with E-state index in [0.29, 0.717) is 26.2 Å². The molecule has 2 amide bonds. The van der Waals surface area contributed by atoms with Crippen molar-refractivity contribution in [2.45, 2.75) is 25.6 Å². The van der Waals surface area contributed by atoms with Crippen molar-refractivity contribution in [3.63, 3.8) is 0 Å². The van der Waals surface area contributed by atoms with Crippen LogP contribution < -0.4 is 0 Å². The first-order valence-corrected chi connectivity index (χ1v) is 7.96. The Kier molecular flexibility index (Phi) is 4.93. The van der Waals surface area contributed by atoms with Crippen LogP contribution in [0.4, 0.5) is 0 Å². The predicted octanol–water partition coefficient (Wildman–Crippen LogP) is 0.661. The van der Waals surface area contributed by atoms with Gasteiger partial charge >= 0.3 is 0 Å². The Hall–Kier alpha value is -1.92. The topological polar surface area (TPSA) is 59.1 Å². The van der Waals surface area contributed by atoms with Crippen molar-refractivity contribution < 1.29 is 19.1 Å². The second-order valence-electron chi connectivity index (χ2n) is 6.00. The van der Waals surface area contributed by atoms with Crippen molar-refractivity contribution >= 4 is 11.8 Å². The number of nitrogens with zero attached hydrogens (tertiary/aromatic N) is 2. The van der Waals surface area contributed by atoms with Crippen molar-refractivity contribution in [1.29, 1.82) is 0 Å². The highest BCUT2D eigenvalue weighted by molar-refractivity contribution is 5.89. The molecule has 0 spiro atoms. The zero-order valence-corrected chi connectivity index (χ0v) is 13.3. The lowest BCUT2D eigenvalue weighted by molar-refractivity contribution is -0.163. The molecule has 2 atom stereocenters. The van der Waals surface area contributed by atoms with E-state index in [9.17, 15) is 9.59 Å². The predicted molar refractivity (Wildman–Crippen MR) is 83.6 cm³/mol. The monoisotopic (exact) mass is 318 g/mol. The van der Waals surface area contributed by atoms with E-state index in [4.69, 9.17) is 9.47 Å². The van der Waals surface area contributed by atoms with Crippen molar-refractivity contribution in [2.24, 2.45) is 0 Å². The van der Waals surface area contributed by atoms with Crippen molar-refractivity contribution in [3.8, 4) is 0 Å². The number of morpholine rings is 2. The van der Waals surface area contributed by atoms with Gasteiger partial charge in [0.05, 0.1) is 19.3 Å². The summed E-state index contributed by atoms with van der Waals surface area (Å²) in [6.07, 6.45) is 0.0236. The molecule has 0 aliphatic carbocycles. The van der Waals surface area contributed by atoms with Crippen LogP contribution in [0.1, 0.15) is 12.5 Å². The summed E-state index contributed by atoms with van der Waals surface area (Å²) in [6, 6.07) is 9.16. The van der Waals surface area contributed by atoms with Gasteiger partial charge in [-0.2, -0.15) is 0 Å². The minimum Gasteiger partial charge on any atom is -0.375 e. The van der Waals surface area contributed by atoms with Gasteiger partial charge in [0.1, 0.15) is 12.6 Å². The maximum Gasteiger partial charge on any atom is 0.249 e. The zero-order chi connectivity index (χ0) is 16.2. The number of amides is 2. The van der Waals surface area contributed by atoms with E-state index in [0.717, 1.165) is 5.56 Å². The van der Waals surface area contributed by atoms with Gasteiger partial charge in [0, 0.05) is 19.6 Å². The average molecular weight is 318 g/mol. The van der Waals surface area contributed by atoms with Gasteiger partial charge in [-0.3, -0.25) is 9.59 Å². The Morgan fingerprint density at radius 2 is 2.09 bits per heavy atom. The Morgan fingerprint density at radius 1 is 1.30 bits per heavy atom. The molecule has 0 aromatic heterocycles. The van der Waals surface area contributed by atoms with Crippen molar-refractivity contribution in [1.82, 2.24) is 9.80 Å². The molecule has 2 saturated heterocycles. The van der Waals surface area contributed by atoms with Gasteiger partial charge in [-0.05, 0) is 12.5 Å². The quantitative estimate of drug-likeness (QED) is 0.821. The van der Waals surface area contributed by atoms with Gasteiger partial charge in [-0.1, -0.05) is 30.3 Å². The summed E-state index contributed by atoms with van der Waals surface area (Å²) in [5.41, 5.74) is 1.01. The molecule has 1 aromatic rings. The highest BCUT2D eigenvalue weighted by Crippen LogP contribution is 2.17. The first-order valence-electron chi connectivity index (χ1n) is 7.96. The fraction of sp³-hybridized carbons (Fsp3) is 0.529. The molecule has 2 fully saturated rings. The van der Waals surface area contributed by atoms with Gasteiger partial charge in [0.25, 0.3) is 0 Å². The van der Waals surface area contributed by atoms with Crippen LogP contribution in [0.3, 0.4) is 0 Å². The Morgan fingerprint density at radius 3 is 2.83 bits per heavy atom. The molecule has 23 heavy (non-hydrogen) atoms. The number of benzene rings is 1. The Labute approximate surface area is 136 Å². The second-order valence-corrected chi connectivity index (χ2v) is 6.00. The molecule has 3 rings (SSSR count). The van der Waals surface area contributed by atoms with Crippen LogP contribution in [-0.4, -0.2) is 66.7 Å². The molecule has 0 saturated carbocycles. The lowest BCUT2D eigenvalue weighted by atomic mass is 10.1. The van der Waals surface area contributed by atoms with E-state index in [1.165, 1.54) is 0 Å². The fourth-order valence-electron chi connectivity index (χ4n) is 3.02. The molecule has 0 radical (unpaired) electrons. The summed E-state index contributed by atoms with van der Waals surface area (Å²) >= 11 is 0. The first kappa shape index (κ1) is 16.0. The van der Waals surface area contributed by atoms with Crippen molar-refractivity contribution in [3.05, 3.63) is 35.9 Å². The number of rotatable bonds is 3. The van der Waals surface area contributed by atoms with Gasteiger partial charge < -0.3 is 19.3 Å². The van der Waals surface area contributed by atoms with Crippen LogP contribution in [0.15, 0.2) is 30.3 Å². The van der Waals surface area contributed by atoms with E-state index < -0.39 is 6.04 Å². The largest absolute Gasteiger partial charge is 0.375 e. The molecule has 2 heterocycles. The van der Waals surface area contributed by atoms with Gasteiger partial charge in [-0.25, -0.2) is 0 Å². The summed E-state index contributed by atoms with van der Waals surface area (Å²) in [6.45, 7) is 4.32. The first-order chi connectivity index (χ1) is 11.1. The number of carbonyl (C=O) groups is 2. The third-order valence-corrected chi connectivity index (χ3v) is 4.23. The van der Waals surface area contributed by atoms with Gasteiger partial charge in [0.2, 0.25) is 11.8 Å². The van der Waals surface area contributed by atoms with Crippen LogP contribution in [0, 0.1) is 0 Å². The van der Waals surface area contributed by atoms with Gasteiger partial charge in [-0.15, -0.1) is 0 Å². The van der Waals surface area contributed by atoms with E-state index in [-0.39, 0.29) is 31.1 Å². The number of hydrogen-bond donors (Lipinski definition) is 0. The van der Waals surface area contributed by atoms with Crippen LogP contribution in [0.5, 0.6) is 0 Å². The minimum atomic E-state index is -0.554. The lowest BCUT2D eigenvalue weighted by Crippen LogP contribution is -2.58. The lowest BCUT2D eigenvalue weighted by Gasteiger charge is -2.39. The average Bonchev–Trinajstić information content (AvgIpc) is 2.57. The molecule has 2 aliphatic heterocycles. The number of carbonyl (C=O) groups excluding carboxylic acids is 2. The minimum absolute atomic E-state index is 0.0236. The summed E-state index contributed by atoms with van der Waals surface area (Å²) in [4.78, 5) is 28.5. The highest BCUT2D eigenvalue weighted by atomic mass is 16.5. The fourth-order valence-corrected chi connectivity index (χ4v) is 3.02. The molecular formula is C17H22N2O4. The molecule has 0 bridgehead atoms. The summed E-state index contributed by atoms with van der Waals surface area (Å²) in [7, 11) is 0. The third kappa shape index (κ3) is 3.71. The highest BCUT2D eigenvalue weighted by Gasteiger charge is 2.37. The van der Waals surface area contributed by atoms with Crippen molar-refractivity contribution in [2.75, 3.05) is 32.9 Å². The Balaban J connectivity index is 1.74. The summed E-state index contributed by atoms with van der Waals surface area (Å²) in [5, 5.41) is 0. The van der Waals surface area contributed by atoms with Crippen LogP contribution in [0.25, 0.3) is 0 Å². The van der Waals surface area contributed by atoms with Crippen LogP contribution >= 0.6 is 0 Å². The molecule has 6 heteroatoms. The molecule has 0 unspecified atom stereocenters. The maximum absolute atomic E-state index is 12.8. The number of ether oxygens (including phenoxy) is 2. The second kappa shape index (κ2) is 7.10. The molecule has 6 nitrogen and oxygen atoms in total. The normalized spacial score (nSPS) is 25.5. The van der Waals surface area contributed by atoms with Crippen LogP contribution in [-0.2, 0) is 25.6 Å². The van der Waals surface area contributed by atoms with Crippen LogP contribution in [0.2, 0.25) is 0 Å². The molecule has 2 aliphatic rings. The zero-order valence-electron chi connectivity index (χ0n) is 13.3. The maximum atomic E-state index is 12.8. The molecule has 124 valence electrons. The molecule has 1 aromatic carbocycles. The van der Waals surface area contributed by atoms with E-state index in [1.807, 2.05) is 37.3 Å². The molecular weight excluding hydrogens is 296 g/mol. The van der Waals surface area contributed by atoms with E-state index in [2.05, 4.69) is 0 Å². The van der Waals surface area contributed by atoms with E-state index >= 15 is 0 Å².